The minimum absolute atomic E-state index is 0.323. The molecule has 0 aromatic carbocycles. The van der Waals surface area contributed by atoms with Crippen LogP contribution in [0, 0.1) is 0 Å². The van der Waals surface area contributed by atoms with Crippen LogP contribution in [-0.2, 0) is 11.3 Å². The third-order valence-corrected chi connectivity index (χ3v) is 3.10. The second-order valence-electron chi connectivity index (χ2n) is 4.46. The van der Waals surface area contributed by atoms with Crippen molar-refractivity contribution in [2.24, 2.45) is 0 Å². The number of morpholine rings is 1. The van der Waals surface area contributed by atoms with Crippen LogP contribution in [0.4, 0.5) is 0 Å². The Labute approximate surface area is 105 Å². The van der Waals surface area contributed by atoms with E-state index in [1.165, 1.54) is 5.56 Å². The summed E-state index contributed by atoms with van der Waals surface area (Å²) in [5, 5.41) is 0. The van der Waals surface area contributed by atoms with E-state index >= 15 is 0 Å². The van der Waals surface area contributed by atoms with Gasteiger partial charge in [0.2, 0.25) is 0 Å². The number of hydrogen-bond acceptors (Lipinski definition) is 3. The molecule has 2 heterocycles. The van der Waals surface area contributed by atoms with E-state index in [4.69, 9.17) is 4.74 Å². The Kier molecular flexibility index (Phi) is 3.95. The summed E-state index contributed by atoms with van der Waals surface area (Å²) in [6.07, 6.45) is 4.39. The van der Waals surface area contributed by atoms with Gasteiger partial charge in [0.05, 0.1) is 12.2 Å². The lowest BCUT2D eigenvalue weighted by Gasteiger charge is -2.35. The van der Waals surface area contributed by atoms with Crippen molar-refractivity contribution >= 4 is 15.9 Å². The number of ether oxygens (including phenoxy) is 1. The molecule has 1 saturated heterocycles. The SMILES string of the molecule is CC1CN(Cc2cncc(Br)c2)C[C@H](C)O1. The summed E-state index contributed by atoms with van der Waals surface area (Å²) in [6, 6.07) is 2.12. The van der Waals surface area contributed by atoms with Gasteiger partial charge in [-0.1, -0.05) is 0 Å². The molecule has 2 rings (SSSR count). The minimum atomic E-state index is 0.323. The quantitative estimate of drug-likeness (QED) is 0.834. The van der Waals surface area contributed by atoms with E-state index in [-0.39, 0.29) is 0 Å². The lowest BCUT2D eigenvalue weighted by Crippen LogP contribution is -2.44. The highest BCUT2D eigenvalue weighted by atomic mass is 79.9. The number of aromatic nitrogens is 1. The van der Waals surface area contributed by atoms with Gasteiger partial charge in [-0.2, -0.15) is 0 Å². The van der Waals surface area contributed by atoms with Crippen molar-refractivity contribution in [1.29, 1.82) is 0 Å². The molecule has 0 amide bonds. The zero-order valence-corrected chi connectivity index (χ0v) is 11.3. The summed E-state index contributed by atoms with van der Waals surface area (Å²) in [5.41, 5.74) is 1.25. The Morgan fingerprint density at radius 2 is 2.06 bits per heavy atom. The van der Waals surface area contributed by atoms with Crippen molar-refractivity contribution in [3.63, 3.8) is 0 Å². The number of pyridine rings is 1. The monoisotopic (exact) mass is 284 g/mol. The first kappa shape index (κ1) is 12.0. The van der Waals surface area contributed by atoms with Gasteiger partial charge in [-0.25, -0.2) is 0 Å². The van der Waals surface area contributed by atoms with Crippen LogP contribution in [-0.4, -0.2) is 35.2 Å². The molecule has 1 aliphatic heterocycles. The average Bonchev–Trinajstić information content (AvgIpc) is 2.15. The summed E-state index contributed by atoms with van der Waals surface area (Å²) in [5.74, 6) is 0. The Hall–Kier alpha value is -0.450. The largest absolute Gasteiger partial charge is 0.373 e. The molecule has 1 fully saturated rings. The molecule has 0 spiro atoms. The summed E-state index contributed by atoms with van der Waals surface area (Å²) in [7, 11) is 0. The maximum absolute atomic E-state index is 5.71. The predicted molar refractivity (Wildman–Crippen MR) is 67.2 cm³/mol. The molecule has 1 unspecified atom stereocenters. The Morgan fingerprint density at radius 1 is 1.38 bits per heavy atom. The first-order valence-corrected chi connectivity index (χ1v) is 6.40. The van der Waals surface area contributed by atoms with Gasteiger partial charge in [-0.05, 0) is 41.4 Å². The lowest BCUT2D eigenvalue weighted by molar-refractivity contribution is -0.0705. The Morgan fingerprint density at radius 3 is 2.69 bits per heavy atom. The molecular formula is C12H17BrN2O. The van der Waals surface area contributed by atoms with Crippen molar-refractivity contribution in [2.75, 3.05) is 13.1 Å². The van der Waals surface area contributed by atoms with Crippen molar-refractivity contribution in [3.05, 3.63) is 28.5 Å². The molecule has 0 bridgehead atoms. The fraction of sp³-hybridized carbons (Fsp3) is 0.583. The average molecular weight is 285 g/mol. The van der Waals surface area contributed by atoms with Crippen LogP contribution < -0.4 is 0 Å². The molecule has 0 N–H and O–H groups in total. The van der Waals surface area contributed by atoms with E-state index in [1.54, 1.807) is 0 Å². The van der Waals surface area contributed by atoms with Gasteiger partial charge in [0, 0.05) is 36.5 Å². The second kappa shape index (κ2) is 5.25. The van der Waals surface area contributed by atoms with E-state index in [0.29, 0.717) is 12.2 Å². The number of nitrogens with zero attached hydrogens (tertiary/aromatic N) is 2. The maximum atomic E-state index is 5.71. The van der Waals surface area contributed by atoms with Gasteiger partial charge >= 0.3 is 0 Å². The molecule has 0 aliphatic carbocycles. The Balaban J connectivity index is 1.98. The molecule has 2 atom stereocenters. The van der Waals surface area contributed by atoms with Gasteiger partial charge in [0.15, 0.2) is 0 Å². The highest BCUT2D eigenvalue weighted by Crippen LogP contribution is 2.16. The fourth-order valence-corrected chi connectivity index (χ4v) is 2.63. The molecule has 4 heteroatoms. The zero-order valence-electron chi connectivity index (χ0n) is 9.69. The number of halogens is 1. The second-order valence-corrected chi connectivity index (χ2v) is 5.38. The minimum Gasteiger partial charge on any atom is -0.373 e. The molecule has 0 radical (unpaired) electrons. The van der Waals surface area contributed by atoms with Crippen molar-refractivity contribution < 1.29 is 4.74 Å². The van der Waals surface area contributed by atoms with Crippen LogP contribution in [0.25, 0.3) is 0 Å². The summed E-state index contributed by atoms with van der Waals surface area (Å²) < 4.78 is 6.75. The number of hydrogen-bond donors (Lipinski definition) is 0. The van der Waals surface area contributed by atoms with Gasteiger partial charge in [-0.3, -0.25) is 9.88 Å². The highest BCUT2D eigenvalue weighted by molar-refractivity contribution is 9.10. The molecule has 0 saturated carbocycles. The smallest absolute Gasteiger partial charge is 0.0678 e. The molecular weight excluding hydrogens is 268 g/mol. The van der Waals surface area contributed by atoms with E-state index in [0.717, 1.165) is 24.1 Å². The van der Waals surface area contributed by atoms with E-state index < -0.39 is 0 Å². The van der Waals surface area contributed by atoms with Gasteiger partial charge in [-0.15, -0.1) is 0 Å². The van der Waals surface area contributed by atoms with Gasteiger partial charge < -0.3 is 4.74 Å². The normalized spacial score (nSPS) is 26.9. The first-order valence-electron chi connectivity index (χ1n) is 5.60. The third kappa shape index (κ3) is 3.27. The standard InChI is InChI=1S/C12H17BrN2O/c1-9-6-15(7-10(2)16-9)8-11-3-12(13)5-14-4-11/h3-5,9-10H,6-8H2,1-2H3/t9-,10?/m0/s1. The van der Waals surface area contributed by atoms with Crippen LogP contribution in [0.2, 0.25) is 0 Å². The van der Waals surface area contributed by atoms with Crippen LogP contribution in [0.3, 0.4) is 0 Å². The maximum Gasteiger partial charge on any atom is 0.0678 e. The van der Waals surface area contributed by atoms with Crippen LogP contribution in [0.15, 0.2) is 22.9 Å². The van der Waals surface area contributed by atoms with Gasteiger partial charge in [0.25, 0.3) is 0 Å². The molecule has 16 heavy (non-hydrogen) atoms. The van der Waals surface area contributed by atoms with Crippen LogP contribution >= 0.6 is 15.9 Å². The molecule has 1 aromatic rings. The zero-order chi connectivity index (χ0) is 11.5. The fourth-order valence-electron chi connectivity index (χ4n) is 2.21. The topological polar surface area (TPSA) is 25.4 Å². The van der Waals surface area contributed by atoms with Crippen LogP contribution in [0.5, 0.6) is 0 Å². The van der Waals surface area contributed by atoms with Gasteiger partial charge in [0.1, 0.15) is 0 Å². The van der Waals surface area contributed by atoms with E-state index in [9.17, 15) is 0 Å². The van der Waals surface area contributed by atoms with Crippen molar-refractivity contribution in [1.82, 2.24) is 9.88 Å². The van der Waals surface area contributed by atoms with Crippen molar-refractivity contribution in [2.45, 2.75) is 32.6 Å². The Bertz CT molecular complexity index is 349. The molecule has 88 valence electrons. The third-order valence-electron chi connectivity index (χ3n) is 2.66. The first-order chi connectivity index (χ1) is 7.63. The number of rotatable bonds is 2. The van der Waals surface area contributed by atoms with Crippen molar-refractivity contribution in [3.8, 4) is 0 Å². The molecule has 1 aliphatic rings. The van der Waals surface area contributed by atoms with E-state index in [2.05, 4.69) is 45.7 Å². The van der Waals surface area contributed by atoms with Crippen LogP contribution in [0.1, 0.15) is 19.4 Å². The summed E-state index contributed by atoms with van der Waals surface area (Å²) >= 11 is 3.44. The summed E-state index contributed by atoms with van der Waals surface area (Å²) in [4.78, 5) is 6.60. The molecule has 1 aromatic heterocycles. The predicted octanol–water partition coefficient (Wildman–Crippen LogP) is 2.45. The highest BCUT2D eigenvalue weighted by Gasteiger charge is 2.21. The van der Waals surface area contributed by atoms with E-state index in [1.807, 2.05) is 12.4 Å². The molecule has 3 nitrogen and oxygen atoms in total. The summed E-state index contributed by atoms with van der Waals surface area (Å²) in [6.45, 7) is 7.20. The lowest BCUT2D eigenvalue weighted by atomic mass is 10.2.